The first kappa shape index (κ1) is 13.0. The molecule has 5 N–H and O–H groups in total. The second-order valence-corrected chi connectivity index (χ2v) is 4.73. The van der Waals surface area contributed by atoms with Crippen LogP contribution in [0.2, 0.25) is 0 Å². The first-order valence-corrected chi connectivity index (χ1v) is 6.57. The van der Waals surface area contributed by atoms with Crippen LogP contribution in [0.15, 0.2) is 6.20 Å². The number of nitrogens with zero attached hydrogens (tertiary/aromatic N) is 5. The highest BCUT2D eigenvalue weighted by Crippen LogP contribution is 2.19. The number of aromatic nitrogens is 4. The van der Waals surface area contributed by atoms with Crippen LogP contribution in [0.5, 0.6) is 0 Å². The number of anilines is 2. The fourth-order valence-corrected chi connectivity index (χ4v) is 2.31. The maximum absolute atomic E-state index is 8.93. The van der Waals surface area contributed by atoms with Crippen molar-refractivity contribution >= 4 is 22.8 Å². The molecule has 0 aliphatic carbocycles. The summed E-state index contributed by atoms with van der Waals surface area (Å²) in [5.74, 6) is 0.875. The lowest BCUT2D eigenvalue weighted by molar-refractivity contribution is 0.127. The number of hydrogen-bond donors (Lipinski definition) is 4. The highest BCUT2D eigenvalue weighted by atomic mass is 16.3. The third kappa shape index (κ3) is 2.64. The zero-order valence-corrected chi connectivity index (χ0v) is 11.1. The van der Waals surface area contributed by atoms with Crippen LogP contribution in [0, 0.1) is 0 Å². The van der Waals surface area contributed by atoms with E-state index in [2.05, 4.69) is 35.5 Å². The van der Waals surface area contributed by atoms with Crippen molar-refractivity contribution in [2.24, 2.45) is 0 Å². The number of fused-ring (bicyclic) bond motifs is 1. The van der Waals surface area contributed by atoms with Gasteiger partial charge in [-0.2, -0.15) is 15.1 Å². The summed E-state index contributed by atoms with van der Waals surface area (Å²) in [5, 5.41) is 18.6. The Labute approximate surface area is 115 Å². The van der Waals surface area contributed by atoms with Gasteiger partial charge in [-0.25, -0.2) is 5.01 Å². The van der Waals surface area contributed by atoms with E-state index in [0.717, 1.165) is 38.1 Å². The number of hydrazine groups is 1. The third-order valence-corrected chi connectivity index (χ3v) is 3.38. The average molecular weight is 278 g/mol. The number of nitrogens with one attached hydrogen (secondary N) is 2. The third-order valence-electron chi connectivity index (χ3n) is 3.38. The van der Waals surface area contributed by atoms with Crippen LogP contribution < -0.4 is 11.2 Å². The summed E-state index contributed by atoms with van der Waals surface area (Å²) in [6.07, 6.45) is 1.68. The molecule has 0 unspecified atom stereocenters. The van der Waals surface area contributed by atoms with Gasteiger partial charge < -0.3 is 16.3 Å². The molecule has 3 heterocycles. The first-order valence-electron chi connectivity index (χ1n) is 6.57. The van der Waals surface area contributed by atoms with Crippen LogP contribution in [0.3, 0.4) is 0 Å². The molecule has 0 aromatic carbocycles. The average Bonchev–Trinajstić information content (AvgIpc) is 2.89. The van der Waals surface area contributed by atoms with Crippen LogP contribution >= 0.6 is 0 Å². The van der Waals surface area contributed by atoms with Gasteiger partial charge in [0.2, 0.25) is 5.95 Å². The van der Waals surface area contributed by atoms with Gasteiger partial charge in [-0.05, 0) is 0 Å². The van der Waals surface area contributed by atoms with Gasteiger partial charge in [-0.1, -0.05) is 0 Å². The van der Waals surface area contributed by atoms with Crippen molar-refractivity contribution in [1.82, 2.24) is 30.1 Å². The summed E-state index contributed by atoms with van der Waals surface area (Å²) >= 11 is 0. The van der Waals surface area contributed by atoms with Gasteiger partial charge in [-0.15, -0.1) is 0 Å². The topological polar surface area (TPSA) is 119 Å². The van der Waals surface area contributed by atoms with Gasteiger partial charge in [0.15, 0.2) is 11.5 Å². The number of β-amino-alcohol motifs (C(OH)–C–C–N with tert-alkyl or cyclic N) is 1. The largest absolute Gasteiger partial charge is 0.395 e. The minimum atomic E-state index is 0.200. The van der Waals surface area contributed by atoms with E-state index in [0.29, 0.717) is 11.5 Å². The number of piperazine rings is 1. The minimum Gasteiger partial charge on any atom is -0.395 e. The van der Waals surface area contributed by atoms with Gasteiger partial charge in [0.05, 0.1) is 18.2 Å². The number of H-pyrrole nitrogens is 1. The number of aromatic amines is 1. The summed E-state index contributed by atoms with van der Waals surface area (Å²) in [6, 6.07) is 0. The van der Waals surface area contributed by atoms with E-state index in [1.165, 1.54) is 0 Å². The first-order chi connectivity index (χ1) is 9.76. The molecule has 0 amide bonds. The molecule has 2 aromatic heterocycles. The van der Waals surface area contributed by atoms with Crippen LogP contribution in [-0.2, 0) is 0 Å². The second-order valence-electron chi connectivity index (χ2n) is 4.73. The molecular weight excluding hydrogens is 260 g/mol. The van der Waals surface area contributed by atoms with Crippen molar-refractivity contribution in [3.63, 3.8) is 0 Å². The molecule has 2 aromatic rings. The minimum absolute atomic E-state index is 0.200. The molecule has 1 fully saturated rings. The Bertz CT molecular complexity index is 577. The van der Waals surface area contributed by atoms with E-state index in [-0.39, 0.29) is 12.6 Å². The molecule has 1 aliphatic rings. The van der Waals surface area contributed by atoms with Gasteiger partial charge in [0.25, 0.3) is 0 Å². The van der Waals surface area contributed by atoms with Gasteiger partial charge >= 0.3 is 0 Å². The molecule has 0 bridgehead atoms. The molecule has 1 aliphatic heterocycles. The molecule has 9 nitrogen and oxygen atoms in total. The highest BCUT2D eigenvalue weighted by molar-refractivity contribution is 5.86. The summed E-state index contributed by atoms with van der Waals surface area (Å²) < 4.78 is 0. The van der Waals surface area contributed by atoms with Crippen molar-refractivity contribution in [3.05, 3.63) is 6.20 Å². The standard InChI is InChI=1S/C11H18N8O/c12-11-14-9-8(7-13-16-9)10(15-11)17-19-3-1-18(2-4-19)5-6-20/h7,20H,1-6H2,(H4,12,13,14,15,16,17). The number of nitrogens with two attached hydrogens (primary N) is 1. The van der Waals surface area contributed by atoms with Gasteiger partial charge in [-0.3, -0.25) is 10.00 Å². The molecule has 0 radical (unpaired) electrons. The molecular formula is C11H18N8O. The summed E-state index contributed by atoms with van der Waals surface area (Å²) in [6.45, 7) is 4.43. The highest BCUT2D eigenvalue weighted by Gasteiger charge is 2.18. The Morgan fingerprint density at radius 3 is 2.85 bits per heavy atom. The van der Waals surface area contributed by atoms with Crippen LogP contribution in [-0.4, -0.2) is 74.5 Å². The SMILES string of the molecule is Nc1nc(NN2CCN(CCO)CC2)c2cn[nH]c2n1. The number of aliphatic hydroxyl groups excluding tert-OH is 1. The van der Waals surface area contributed by atoms with Crippen molar-refractivity contribution in [2.45, 2.75) is 0 Å². The Kier molecular flexibility index (Phi) is 3.63. The van der Waals surface area contributed by atoms with E-state index >= 15 is 0 Å². The zero-order chi connectivity index (χ0) is 13.9. The summed E-state index contributed by atoms with van der Waals surface area (Å²) in [5.41, 5.74) is 9.58. The molecule has 0 spiro atoms. The zero-order valence-electron chi connectivity index (χ0n) is 11.1. The Morgan fingerprint density at radius 2 is 2.10 bits per heavy atom. The molecule has 0 atom stereocenters. The monoisotopic (exact) mass is 278 g/mol. The molecule has 3 rings (SSSR count). The van der Waals surface area contributed by atoms with E-state index in [1.54, 1.807) is 6.20 Å². The Balaban J connectivity index is 1.69. The lowest BCUT2D eigenvalue weighted by Crippen LogP contribution is -2.49. The predicted molar refractivity (Wildman–Crippen MR) is 74.8 cm³/mol. The van der Waals surface area contributed by atoms with E-state index in [1.807, 2.05) is 0 Å². The van der Waals surface area contributed by atoms with Gasteiger partial charge in [0, 0.05) is 32.7 Å². The number of nitrogen functional groups attached to an aromatic ring is 1. The van der Waals surface area contributed by atoms with Crippen molar-refractivity contribution in [3.8, 4) is 0 Å². The Morgan fingerprint density at radius 1 is 1.30 bits per heavy atom. The maximum atomic E-state index is 8.93. The summed E-state index contributed by atoms with van der Waals surface area (Å²) in [7, 11) is 0. The van der Waals surface area contributed by atoms with Crippen LogP contribution in [0.4, 0.5) is 11.8 Å². The number of hydrogen-bond acceptors (Lipinski definition) is 8. The lowest BCUT2D eigenvalue weighted by atomic mass is 10.3. The molecule has 20 heavy (non-hydrogen) atoms. The summed E-state index contributed by atoms with van der Waals surface area (Å²) in [4.78, 5) is 10.5. The fraction of sp³-hybridized carbons (Fsp3) is 0.545. The molecule has 0 saturated carbocycles. The van der Waals surface area contributed by atoms with Crippen molar-refractivity contribution in [2.75, 3.05) is 50.5 Å². The van der Waals surface area contributed by atoms with Crippen molar-refractivity contribution < 1.29 is 5.11 Å². The smallest absolute Gasteiger partial charge is 0.224 e. The maximum Gasteiger partial charge on any atom is 0.224 e. The van der Waals surface area contributed by atoms with Crippen LogP contribution in [0.25, 0.3) is 11.0 Å². The normalized spacial score (nSPS) is 17.6. The molecule has 1 saturated heterocycles. The van der Waals surface area contributed by atoms with Gasteiger partial charge in [0.1, 0.15) is 0 Å². The molecule has 108 valence electrons. The van der Waals surface area contributed by atoms with E-state index in [4.69, 9.17) is 10.8 Å². The van der Waals surface area contributed by atoms with E-state index < -0.39 is 0 Å². The predicted octanol–water partition coefficient (Wildman–Crippen LogP) is -1.13. The number of aliphatic hydroxyl groups is 1. The Hall–Kier alpha value is -1.97. The van der Waals surface area contributed by atoms with Crippen LogP contribution in [0.1, 0.15) is 0 Å². The van der Waals surface area contributed by atoms with E-state index in [9.17, 15) is 0 Å². The quantitative estimate of drug-likeness (QED) is 0.555. The van der Waals surface area contributed by atoms with Crippen molar-refractivity contribution in [1.29, 1.82) is 0 Å². The molecule has 9 heteroatoms. The lowest BCUT2D eigenvalue weighted by Gasteiger charge is -2.34. The second kappa shape index (κ2) is 5.57. The number of rotatable bonds is 4. The fourth-order valence-electron chi connectivity index (χ4n) is 2.31.